The molecule has 5 nitrogen and oxygen atoms in total. The molecule has 2 fully saturated rings. The van der Waals surface area contributed by atoms with E-state index >= 15 is 0 Å². The fourth-order valence-corrected chi connectivity index (χ4v) is 2.79. The van der Waals surface area contributed by atoms with E-state index in [0.717, 1.165) is 31.9 Å². The predicted octanol–water partition coefficient (Wildman–Crippen LogP) is 0.429. The van der Waals surface area contributed by atoms with E-state index in [9.17, 15) is 0 Å². The van der Waals surface area contributed by atoms with E-state index in [4.69, 9.17) is 4.74 Å². The van der Waals surface area contributed by atoms with Gasteiger partial charge in [0.2, 0.25) is 0 Å². The summed E-state index contributed by atoms with van der Waals surface area (Å²) in [5, 5.41) is 3.41. The molecule has 0 radical (unpaired) electrons. The van der Waals surface area contributed by atoms with Crippen molar-refractivity contribution in [3.8, 4) is 0 Å². The molecule has 98 valence electrons. The summed E-state index contributed by atoms with van der Waals surface area (Å²) in [6.07, 6.45) is 6.32. The van der Waals surface area contributed by atoms with Gasteiger partial charge < -0.3 is 10.1 Å². The quantitative estimate of drug-likeness (QED) is 0.837. The first-order valence-corrected chi connectivity index (χ1v) is 6.73. The van der Waals surface area contributed by atoms with Crippen molar-refractivity contribution in [2.75, 3.05) is 26.2 Å². The summed E-state index contributed by atoms with van der Waals surface area (Å²) in [5.41, 5.74) is 1.03. The van der Waals surface area contributed by atoms with Crippen LogP contribution in [-0.2, 0) is 11.3 Å². The van der Waals surface area contributed by atoms with Gasteiger partial charge in [0, 0.05) is 31.9 Å². The summed E-state index contributed by atoms with van der Waals surface area (Å²) >= 11 is 0. The molecule has 0 spiro atoms. The highest BCUT2D eigenvalue weighted by atomic mass is 16.5. The van der Waals surface area contributed by atoms with Gasteiger partial charge in [-0.15, -0.1) is 0 Å². The van der Waals surface area contributed by atoms with E-state index in [1.807, 2.05) is 6.07 Å². The smallest absolute Gasteiger partial charge is 0.115 e. The highest BCUT2D eigenvalue weighted by Gasteiger charge is 2.31. The van der Waals surface area contributed by atoms with Crippen LogP contribution in [0.15, 0.2) is 18.6 Å². The molecule has 0 aromatic carbocycles. The van der Waals surface area contributed by atoms with E-state index in [0.29, 0.717) is 12.1 Å². The molecule has 18 heavy (non-hydrogen) atoms. The first-order valence-electron chi connectivity index (χ1n) is 6.73. The number of morpholine rings is 1. The van der Waals surface area contributed by atoms with Crippen LogP contribution in [0.4, 0.5) is 0 Å². The van der Waals surface area contributed by atoms with Crippen LogP contribution in [0.1, 0.15) is 18.5 Å². The number of hydrogen-bond acceptors (Lipinski definition) is 5. The van der Waals surface area contributed by atoms with Crippen LogP contribution in [-0.4, -0.2) is 53.3 Å². The molecular formula is C13H20N4O. The number of nitrogens with one attached hydrogen (secondary N) is 1. The van der Waals surface area contributed by atoms with Crippen LogP contribution in [0.2, 0.25) is 0 Å². The maximum Gasteiger partial charge on any atom is 0.115 e. The topological polar surface area (TPSA) is 50.3 Å². The summed E-state index contributed by atoms with van der Waals surface area (Å²) in [7, 11) is 0. The van der Waals surface area contributed by atoms with Gasteiger partial charge in [-0.1, -0.05) is 0 Å². The van der Waals surface area contributed by atoms with Crippen LogP contribution in [0.25, 0.3) is 0 Å². The molecule has 5 heteroatoms. The second-order valence-electron chi connectivity index (χ2n) is 5.08. The monoisotopic (exact) mass is 248 g/mol. The van der Waals surface area contributed by atoms with Crippen LogP contribution < -0.4 is 5.32 Å². The van der Waals surface area contributed by atoms with Crippen molar-refractivity contribution in [3.05, 3.63) is 24.3 Å². The molecule has 2 unspecified atom stereocenters. The van der Waals surface area contributed by atoms with Crippen molar-refractivity contribution in [2.45, 2.75) is 31.5 Å². The van der Waals surface area contributed by atoms with Gasteiger partial charge in [0.1, 0.15) is 6.33 Å². The summed E-state index contributed by atoms with van der Waals surface area (Å²) in [5.74, 6) is 0. The Morgan fingerprint density at radius 1 is 1.50 bits per heavy atom. The van der Waals surface area contributed by atoms with Crippen molar-refractivity contribution in [2.24, 2.45) is 0 Å². The summed E-state index contributed by atoms with van der Waals surface area (Å²) in [6.45, 7) is 4.90. The number of nitrogens with zero attached hydrogens (tertiary/aromatic N) is 3. The fourth-order valence-electron chi connectivity index (χ4n) is 2.79. The molecule has 1 N–H and O–H groups in total. The zero-order chi connectivity index (χ0) is 12.2. The van der Waals surface area contributed by atoms with Gasteiger partial charge in [-0.2, -0.15) is 0 Å². The highest BCUT2D eigenvalue weighted by Crippen LogP contribution is 2.22. The Bertz CT molecular complexity index is 373. The molecule has 0 saturated carbocycles. The number of hydrogen-bond donors (Lipinski definition) is 1. The average Bonchev–Trinajstić information content (AvgIpc) is 2.87. The lowest BCUT2D eigenvalue weighted by Gasteiger charge is -2.35. The molecule has 1 aromatic rings. The molecule has 0 bridgehead atoms. The number of ether oxygens (including phenoxy) is 1. The minimum Gasteiger partial charge on any atom is -0.374 e. The van der Waals surface area contributed by atoms with Gasteiger partial charge in [0.15, 0.2) is 0 Å². The van der Waals surface area contributed by atoms with E-state index < -0.39 is 0 Å². The minimum absolute atomic E-state index is 0.321. The summed E-state index contributed by atoms with van der Waals surface area (Å²) in [6, 6.07) is 2.62. The maximum atomic E-state index is 5.89. The maximum absolute atomic E-state index is 5.89. The Hall–Kier alpha value is -1.04. The second kappa shape index (κ2) is 5.73. The molecule has 2 saturated heterocycles. The fraction of sp³-hybridized carbons (Fsp3) is 0.692. The van der Waals surface area contributed by atoms with Crippen LogP contribution in [0, 0.1) is 0 Å². The minimum atomic E-state index is 0.321. The Morgan fingerprint density at radius 2 is 2.50 bits per heavy atom. The third-order valence-corrected chi connectivity index (χ3v) is 3.78. The Kier molecular flexibility index (Phi) is 3.83. The molecule has 2 aliphatic rings. The van der Waals surface area contributed by atoms with Gasteiger partial charge in [-0.3, -0.25) is 4.90 Å². The lowest BCUT2D eigenvalue weighted by atomic mass is 10.2. The van der Waals surface area contributed by atoms with Gasteiger partial charge in [0.05, 0.1) is 18.4 Å². The number of fused-ring (bicyclic) bond motifs is 1. The molecule has 2 atom stereocenters. The molecule has 2 aliphatic heterocycles. The third kappa shape index (κ3) is 2.85. The largest absolute Gasteiger partial charge is 0.374 e. The Morgan fingerprint density at radius 3 is 3.39 bits per heavy atom. The Labute approximate surface area is 108 Å². The van der Waals surface area contributed by atoms with Gasteiger partial charge in [0.25, 0.3) is 0 Å². The van der Waals surface area contributed by atoms with E-state index in [1.165, 1.54) is 19.4 Å². The van der Waals surface area contributed by atoms with Crippen molar-refractivity contribution >= 4 is 0 Å². The van der Waals surface area contributed by atoms with Crippen LogP contribution in [0.3, 0.4) is 0 Å². The zero-order valence-corrected chi connectivity index (χ0v) is 10.6. The standard InChI is InChI=1S/C13H20N4O/c1-2-12-9-18-13(8-17(12)5-1)7-15-6-11-3-4-14-10-16-11/h3-4,10,12-13,15H,1-2,5-9H2. The van der Waals surface area contributed by atoms with Crippen molar-refractivity contribution < 1.29 is 4.74 Å². The molecule has 3 rings (SSSR count). The van der Waals surface area contributed by atoms with E-state index in [2.05, 4.69) is 20.2 Å². The first-order chi connectivity index (χ1) is 8.92. The SMILES string of the molecule is c1cc(CNCC2CN3CCCC3CO2)ncn1. The Balaban J connectivity index is 1.41. The predicted molar refractivity (Wildman–Crippen MR) is 68.1 cm³/mol. The highest BCUT2D eigenvalue weighted by molar-refractivity contribution is 4.97. The molecule has 3 heterocycles. The van der Waals surface area contributed by atoms with Crippen molar-refractivity contribution in [1.29, 1.82) is 0 Å². The van der Waals surface area contributed by atoms with Crippen molar-refractivity contribution in [3.63, 3.8) is 0 Å². The third-order valence-electron chi connectivity index (χ3n) is 3.78. The molecule has 1 aromatic heterocycles. The summed E-state index contributed by atoms with van der Waals surface area (Å²) in [4.78, 5) is 10.7. The van der Waals surface area contributed by atoms with Crippen LogP contribution in [0.5, 0.6) is 0 Å². The summed E-state index contributed by atoms with van der Waals surface area (Å²) < 4.78 is 5.89. The number of aromatic nitrogens is 2. The normalized spacial score (nSPS) is 28.2. The van der Waals surface area contributed by atoms with Gasteiger partial charge in [-0.25, -0.2) is 9.97 Å². The lowest BCUT2D eigenvalue weighted by Crippen LogP contribution is -2.49. The average molecular weight is 248 g/mol. The number of rotatable bonds is 4. The zero-order valence-electron chi connectivity index (χ0n) is 10.6. The molecule has 0 amide bonds. The first kappa shape index (κ1) is 12.0. The molecule has 0 aliphatic carbocycles. The van der Waals surface area contributed by atoms with E-state index in [1.54, 1.807) is 12.5 Å². The molecular weight excluding hydrogens is 228 g/mol. The van der Waals surface area contributed by atoms with Gasteiger partial charge in [-0.05, 0) is 25.5 Å². The van der Waals surface area contributed by atoms with Crippen molar-refractivity contribution in [1.82, 2.24) is 20.2 Å². The van der Waals surface area contributed by atoms with E-state index in [-0.39, 0.29) is 0 Å². The van der Waals surface area contributed by atoms with Crippen LogP contribution >= 0.6 is 0 Å². The lowest BCUT2D eigenvalue weighted by molar-refractivity contribution is -0.0470. The second-order valence-corrected chi connectivity index (χ2v) is 5.08. The van der Waals surface area contributed by atoms with Gasteiger partial charge >= 0.3 is 0 Å².